The van der Waals surface area contributed by atoms with E-state index in [1.807, 2.05) is 18.2 Å². The second-order valence-electron chi connectivity index (χ2n) is 9.90. The number of imide groups is 1. The van der Waals surface area contributed by atoms with E-state index in [0.29, 0.717) is 36.4 Å². The Hall–Kier alpha value is -4.66. The largest absolute Gasteiger partial charge is 0.497 e. The number of carbonyl (C=O) groups is 3. The van der Waals surface area contributed by atoms with Gasteiger partial charge in [0, 0.05) is 24.0 Å². The highest BCUT2D eigenvalue weighted by Gasteiger charge is 2.59. The molecule has 2 aliphatic rings. The normalized spacial score (nSPS) is 18.3. The number of ether oxygens (including phenoxy) is 1. The Kier molecular flexibility index (Phi) is 5.86. The highest BCUT2D eigenvalue weighted by molar-refractivity contribution is 6.25. The minimum Gasteiger partial charge on any atom is -0.497 e. The quantitative estimate of drug-likeness (QED) is 0.361. The molecule has 0 spiro atoms. The molecule has 2 aliphatic heterocycles. The molecule has 4 amide bonds. The lowest BCUT2D eigenvalue weighted by Gasteiger charge is -2.35. The van der Waals surface area contributed by atoms with Gasteiger partial charge in [-0.15, -0.1) is 0 Å². The molecule has 0 radical (unpaired) electrons. The molecule has 1 unspecified atom stereocenters. The number of anilines is 1. The fraction of sp³-hybridized carbons (Fsp3) is 0.233. The van der Waals surface area contributed by atoms with Crippen molar-refractivity contribution < 1.29 is 23.5 Å². The van der Waals surface area contributed by atoms with Crippen LogP contribution in [0.2, 0.25) is 0 Å². The van der Waals surface area contributed by atoms with Crippen molar-refractivity contribution in [2.45, 2.75) is 25.3 Å². The molecule has 9 heteroatoms. The number of methoxy groups -OCH3 is 1. The van der Waals surface area contributed by atoms with Crippen molar-refractivity contribution in [1.29, 1.82) is 0 Å². The Morgan fingerprint density at radius 1 is 1.10 bits per heavy atom. The minimum atomic E-state index is -1.26. The molecular formula is C30H27FN4O4. The molecule has 6 rings (SSSR count). The van der Waals surface area contributed by atoms with Crippen LogP contribution in [0.1, 0.15) is 34.1 Å². The first-order chi connectivity index (χ1) is 18.8. The number of urea groups is 1. The number of hydrogen-bond donors (Lipinski definition) is 2. The van der Waals surface area contributed by atoms with Gasteiger partial charge in [0.25, 0.3) is 11.8 Å². The number of rotatable bonds is 6. The lowest BCUT2D eigenvalue weighted by Crippen LogP contribution is -2.49. The molecule has 198 valence electrons. The summed E-state index contributed by atoms with van der Waals surface area (Å²) < 4.78 is 19.4. The zero-order chi connectivity index (χ0) is 27.3. The van der Waals surface area contributed by atoms with E-state index in [1.165, 1.54) is 6.07 Å². The zero-order valence-electron chi connectivity index (χ0n) is 21.6. The van der Waals surface area contributed by atoms with E-state index < -0.39 is 23.4 Å². The third kappa shape index (κ3) is 3.76. The summed E-state index contributed by atoms with van der Waals surface area (Å²) in [6.45, 7) is 2.29. The molecule has 4 aromatic rings. The molecule has 8 nitrogen and oxygen atoms in total. The predicted octanol–water partition coefficient (Wildman–Crippen LogP) is 4.53. The number of H-pyrrole nitrogens is 1. The van der Waals surface area contributed by atoms with Crippen molar-refractivity contribution in [2.24, 2.45) is 0 Å². The number of aromatic amines is 1. The number of nitrogens with zero attached hydrogens (tertiary/aromatic N) is 2. The Morgan fingerprint density at radius 2 is 1.87 bits per heavy atom. The van der Waals surface area contributed by atoms with E-state index in [2.05, 4.69) is 10.3 Å². The van der Waals surface area contributed by atoms with Gasteiger partial charge in [0.05, 0.1) is 24.1 Å². The molecule has 3 aromatic carbocycles. The number of carbonyl (C=O) groups excluding carboxylic acids is 3. The number of nitrogens with one attached hydrogen (secondary N) is 2. The van der Waals surface area contributed by atoms with Crippen molar-refractivity contribution in [2.75, 3.05) is 25.1 Å². The van der Waals surface area contributed by atoms with Crippen LogP contribution in [0.5, 0.6) is 5.75 Å². The van der Waals surface area contributed by atoms with E-state index >= 15 is 0 Å². The molecule has 1 saturated heterocycles. The average Bonchev–Trinajstić information content (AvgIpc) is 3.42. The molecule has 39 heavy (non-hydrogen) atoms. The zero-order valence-corrected chi connectivity index (χ0v) is 21.6. The minimum absolute atomic E-state index is 0.192. The van der Waals surface area contributed by atoms with Crippen LogP contribution in [0.3, 0.4) is 0 Å². The van der Waals surface area contributed by atoms with Crippen molar-refractivity contribution in [3.63, 3.8) is 0 Å². The lowest BCUT2D eigenvalue weighted by molar-refractivity contribution is -0.125. The lowest BCUT2D eigenvalue weighted by atomic mass is 9.87. The highest BCUT2D eigenvalue weighted by atomic mass is 19.1. The maximum absolute atomic E-state index is 14.1. The van der Waals surface area contributed by atoms with Gasteiger partial charge in [0.2, 0.25) is 0 Å². The van der Waals surface area contributed by atoms with Gasteiger partial charge in [-0.1, -0.05) is 30.3 Å². The van der Waals surface area contributed by atoms with Crippen LogP contribution in [0, 0.1) is 5.82 Å². The second-order valence-corrected chi connectivity index (χ2v) is 9.90. The molecule has 0 bridgehead atoms. The van der Waals surface area contributed by atoms with Crippen LogP contribution in [0.4, 0.5) is 14.9 Å². The monoisotopic (exact) mass is 526 g/mol. The Morgan fingerprint density at radius 3 is 2.67 bits per heavy atom. The van der Waals surface area contributed by atoms with Gasteiger partial charge < -0.3 is 19.9 Å². The predicted molar refractivity (Wildman–Crippen MR) is 144 cm³/mol. The molecule has 0 saturated carbocycles. The van der Waals surface area contributed by atoms with Gasteiger partial charge in [-0.05, 0) is 67.3 Å². The topological polar surface area (TPSA) is 94.7 Å². The van der Waals surface area contributed by atoms with Crippen LogP contribution in [-0.4, -0.2) is 47.9 Å². The summed E-state index contributed by atoms with van der Waals surface area (Å²) in [7, 11) is 1.61. The maximum atomic E-state index is 14.1. The number of fused-ring (bicyclic) bond motifs is 5. The first-order valence-corrected chi connectivity index (χ1v) is 12.8. The smallest absolute Gasteiger partial charge is 0.332 e. The van der Waals surface area contributed by atoms with Crippen molar-refractivity contribution in [3.05, 3.63) is 94.9 Å². The number of amides is 4. The highest BCUT2D eigenvalue weighted by Crippen LogP contribution is 2.46. The van der Waals surface area contributed by atoms with Gasteiger partial charge in [-0.2, -0.15) is 0 Å². The molecule has 1 fully saturated rings. The SMILES string of the molecule is COc1ccc2[nH]c3c(c2c1)CCN1C(=O)N(c2ccccc2C(=O)NCCc2ccccc2F)C(=O)C31C. The van der Waals surface area contributed by atoms with E-state index in [0.717, 1.165) is 21.4 Å². The van der Waals surface area contributed by atoms with E-state index in [1.54, 1.807) is 61.4 Å². The summed E-state index contributed by atoms with van der Waals surface area (Å²) in [6.07, 6.45) is 0.880. The molecule has 2 N–H and O–H groups in total. The molecular weight excluding hydrogens is 499 g/mol. The van der Waals surface area contributed by atoms with Crippen LogP contribution in [0.15, 0.2) is 66.7 Å². The fourth-order valence-electron chi connectivity index (χ4n) is 5.73. The van der Waals surface area contributed by atoms with Crippen LogP contribution in [-0.2, 0) is 23.2 Å². The first kappa shape index (κ1) is 24.7. The number of hydrogen-bond acceptors (Lipinski definition) is 4. The average molecular weight is 527 g/mol. The third-order valence-electron chi connectivity index (χ3n) is 7.79. The first-order valence-electron chi connectivity index (χ1n) is 12.8. The maximum Gasteiger partial charge on any atom is 0.332 e. The fourth-order valence-corrected chi connectivity index (χ4v) is 5.73. The number of para-hydroxylation sites is 1. The van der Waals surface area contributed by atoms with Crippen molar-refractivity contribution in [3.8, 4) is 5.75 Å². The summed E-state index contributed by atoms with van der Waals surface area (Å²) in [6, 6.07) is 18.1. The molecule has 0 aliphatic carbocycles. The van der Waals surface area contributed by atoms with Crippen LogP contribution < -0.4 is 15.0 Å². The molecule has 1 atom stereocenters. The van der Waals surface area contributed by atoms with Crippen LogP contribution >= 0.6 is 0 Å². The van der Waals surface area contributed by atoms with Gasteiger partial charge in [0.15, 0.2) is 5.54 Å². The molecule has 3 heterocycles. The number of aromatic nitrogens is 1. The van der Waals surface area contributed by atoms with E-state index in [9.17, 15) is 18.8 Å². The van der Waals surface area contributed by atoms with Gasteiger partial charge in [0.1, 0.15) is 11.6 Å². The van der Waals surface area contributed by atoms with E-state index in [4.69, 9.17) is 4.74 Å². The van der Waals surface area contributed by atoms with E-state index in [-0.39, 0.29) is 23.6 Å². The third-order valence-corrected chi connectivity index (χ3v) is 7.79. The van der Waals surface area contributed by atoms with Crippen molar-refractivity contribution >= 4 is 34.4 Å². The number of benzene rings is 3. The summed E-state index contributed by atoms with van der Waals surface area (Å²) in [5, 5.41) is 3.76. The Bertz CT molecular complexity index is 1650. The van der Waals surface area contributed by atoms with Gasteiger partial charge >= 0.3 is 6.03 Å². The Balaban J connectivity index is 1.32. The summed E-state index contributed by atoms with van der Waals surface area (Å²) >= 11 is 0. The molecule has 1 aromatic heterocycles. The number of halogens is 1. The summed E-state index contributed by atoms with van der Waals surface area (Å²) in [4.78, 5) is 47.1. The second kappa shape index (κ2) is 9.27. The summed E-state index contributed by atoms with van der Waals surface area (Å²) in [5.41, 5.74) is 2.15. The van der Waals surface area contributed by atoms with Crippen LogP contribution in [0.25, 0.3) is 10.9 Å². The standard InChI is InChI=1S/C30H27FN4O4/c1-30-26-20(22-17-19(39-2)11-12-24(22)33-26)14-16-34(30)29(38)35(28(30)37)25-10-6-4-8-21(25)27(36)32-15-13-18-7-3-5-9-23(18)31/h3-12,17,33H,13-16H2,1-2H3,(H,32,36). The van der Waals surface area contributed by atoms with Gasteiger partial charge in [-0.25, -0.2) is 14.1 Å². The van der Waals surface area contributed by atoms with Crippen molar-refractivity contribution in [1.82, 2.24) is 15.2 Å². The Labute approximate surface area is 224 Å². The summed E-state index contributed by atoms with van der Waals surface area (Å²) in [5.74, 6) is -0.503. The van der Waals surface area contributed by atoms with Gasteiger partial charge in [-0.3, -0.25) is 9.59 Å².